The third-order valence-electron chi connectivity index (χ3n) is 6.24. The van der Waals surface area contributed by atoms with Gasteiger partial charge >= 0.3 is 6.09 Å². The van der Waals surface area contributed by atoms with E-state index in [0.29, 0.717) is 36.8 Å². The van der Waals surface area contributed by atoms with Crippen LogP contribution >= 0.6 is 0 Å². The number of nitrogens with zero attached hydrogens (tertiary/aromatic N) is 2. The second-order valence-corrected chi connectivity index (χ2v) is 9.16. The van der Waals surface area contributed by atoms with E-state index < -0.39 is 6.09 Å². The van der Waals surface area contributed by atoms with Gasteiger partial charge in [-0.1, -0.05) is 32.0 Å². The standard InChI is InChI=1S/C28H30N2O4/c1-18(2)14-26-24-16-22(8-7-20(24)11-13-30(26)28(32)33)25-15-21(19(3)31)9-10-27(25)34-17-23-6-4-5-12-29-23/h4-10,12,15-16,18,26H,11,13-14,17H2,1-3H3,(H,32,33). The Hall–Kier alpha value is -3.67. The molecule has 6 heteroatoms. The Kier molecular flexibility index (Phi) is 6.96. The van der Waals surface area contributed by atoms with Crippen molar-refractivity contribution in [1.82, 2.24) is 9.88 Å². The normalized spacial score (nSPS) is 15.2. The van der Waals surface area contributed by atoms with Crippen LogP contribution in [0.5, 0.6) is 5.75 Å². The largest absolute Gasteiger partial charge is 0.487 e. The molecule has 2 heterocycles. The van der Waals surface area contributed by atoms with E-state index in [-0.39, 0.29) is 11.8 Å². The Morgan fingerprint density at radius 2 is 1.97 bits per heavy atom. The van der Waals surface area contributed by atoms with Gasteiger partial charge in [-0.25, -0.2) is 4.79 Å². The predicted molar refractivity (Wildman–Crippen MR) is 131 cm³/mol. The number of carbonyl (C=O) groups excluding carboxylic acids is 1. The molecule has 0 saturated heterocycles. The number of carboxylic acid groups (broad SMARTS) is 1. The van der Waals surface area contributed by atoms with Gasteiger partial charge in [0, 0.05) is 23.9 Å². The van der Waals surface area contributed by atoms with Crippen LogP contribution < -0.4 is 4.74 Å². The molecule has 1 aromatic heterocycles. The lowest BCUT2D eigenvalue weighted by Gasteiger charge is -2.36. The van der Waals surface area contributed by atoms with Gasteiger partial charge in [-0.3, -0.25) is 9.78 Å². The first-order valence-electron chi connectivity index (χ1n) is 11.6. The first-order chi connectivity index (χ1) is 16.3. The van der Waals surface area contributed by atoms with Crippen LogP contribution in [0.1, 0.15) is 60.4 Å². The van der Waals surface area contributed by atoms with Gasteiger partial charge in [0.25, 0.3) is 0 Å². The average molecular weight is 459 g/mol. The summed E-state index contributed by atoms with van der Waals surface area (Å²) in [6.45, 7) is 6.57. The van der Waals surface area contributed by atoms with Crippen molar-refractivity contribution >= 4 is 11.9 Å². The lowest BCUT2D eigenvalue weighted by molar-refractivity contribution is 0.101. The van der Waals surface area contributed by atoms with Crippen molar-refractivity contribution in [3.8, 4) is 16.9 Å². The smallest absolute Gasteiger partial charge is 0.407 e. The maximum atomic E-state index is 12.1. The number of ether oxygens (including phenoxy) is 1. The average Bonchev–Trinajstić information content (AvgIpc) is 2.82. The fourth-order valence-electron chi connectivity index (χ4n) is 4.53. The zero-order valence-electron chi connectivity index (χ0n) is 19.8. The van der Waals surface area contributed by atoms with Crippen LogP contribution in [0.2, 0.25) is 0 Å². The molecule has 0 radical (unpaired) electrons. The molecule has 0 spiro atoms. The van der Waals surface area contributed by atoms with Gasteiger partial charge < -0.3 is 14.7 Å². The first-order valence-corrected chi connectivity index (χ1v) is 11.6. The molecule has 1 unspecified atom stereocenters. The lowest BCUT2D eigenvalue weighted by Crippen LogP contribution is -2.39. The molecule has 3 aromatic rings. The second kappa shape index (κ2) is 10.1. The number of ketones is 1. The second-order valence-electron chi connectivity index (χ2n) is 9.16. The molecule has 1 amide bonds. The van der Waals surface area contributed by atoms with Crippen molar-refractivity contribution in [1.29, 1.82) is 0 Å². The number of fused-ring (bicyclic) bond motifs is 1. The molecule has 0 fully saturated rings. The summed E-state index contributed by atoms with van der Waals surface area (Å²) in [6, 6.07) is 17.1. The maximum absolute atomic E-state index is 12.1. The number of Topliss-reactive ketones (excluding diaryl/α,β-unsaturated/α-hetero) is 1. The van der Waals surface area contributed by atoms with E-state index in [9.17, 15) is 14.7 Å². The molecular formula is C28H30N2O4. The summed E-state index contributed by atoms with van der Waals surface area (Å²) in [6.07, 6.45) is 2.27. The minimum absolute atomic E-state index is 0.0229. The van der Waals surface area contributed by atoms with Crippen LogP contribution in [-0.4, -0.2) is 33.4 Å². The monoisotopic (exact) mass is 458 g/mol. The SMILES string of the molecule is CC(=O)c1ccc(OCc2ccccn2)c(-c2ccc3c(c2)C(CC(C)C)N(C(=O)O)CC3)c1. The maximum Gasteiger partial charge on any atom is 0.407 e. The van der Waals surface area contributed by atoms with Crippen molar-refractivity contribution in [2.45, 2.75) is 46.3 Å². The fraction of sp³-hybridized carbons (Fsp3) is 0.321. The number of hydrogen-bond donors (Lipinski definition) is 1. The summed E-state index contributed by atoms with van der Waals surface area (Å²) in [7, 11) is 0. The van der Waals surface area contributed by atoms with Gasteiger partial charge in [-0.05, 0) is 78.8 Å². The molecule has 4 rings (SSSR count). The highest BCUT2D eigenvalue weighted by Gasteiger charge is 2.31. The highest BCUT2D eigenvalue weighted by atomic mass is 16.5. The molecule has 34 heavy (non-hydrogen) atoms. The third kappa shape index (κ3) is 5.11. The number of amides is 1. The zero-order valence-corrected chi connectivity index (χ0v) is 19.8. The van der Waals surface area contributed by atoms with E-state index in [2.05, 4.69) is 31.0 Å². The molecule has 6 nitrogen and oxygen atoms in total. The molecule has 0 bridgehead atoms. The Bertz CT molecular complexity index is 1190. The Morgan fingerprint density at radius 1 is 1.15 bits per heavy atom. The first kappa shape index (κ1) is 23.5. The third-order valence-corrected chi connectivity index (χ3v) is 6.24. The fourth-order valence-corrected chi connectivity index (χ4v) is 4.53. The van der Waals surface area contributed by atoms with Crippen LogP contribution in [0.4, 0.5) is 4.79 Å². The molecule has 0 aliphatic carbocycles. The summed E-state index contributed by atoms with van der Waals surface area (Å²) in [5.74, 6) is 0.979. The minimum atomic E-state index is -0.889. The van der Waals surface area contributed by atoms with E-state index >= 15 is 0 Å². The molecule has 1 N–H and O–H groups in total. The van der Waals surface area contributed by atoms with Crippen molar-refractivity contribution in [3.63, 3.8) is 0 Å². The molecule has 0 saturated carbocycles. The number of rotatable bonds is 7. The zero-order chi connectivity index (χ0) is 24.2. The number of aromatic nitrogens is 1. The Labute approximate surface area is 200 Å². The van der Waals surface area contributed by atoms with Crippen LogP contribution in [0.3, 0.4) is 0 Å². The molecular weight excluding hydrogens is 428 g/mol. The van der Waals surface area contributed by atoms with Gasteiger partial charge in [0.1, 0.15) is 12.4 Å². The summed E-state index contributed by atoms with van der Waals surface area (Å²) >= 11 is 0. The summed E-state index contributed by atoms with van der Waals surface area (Å²) < 4.78 is 6.13. The molecule has 1 aliphatic heterocycles. The lowest BCUT2D eigenvalue weighted by atomic mass is 9.85. The highest BCUT2D eigenvalue weighted by molar-refractivity contribution is 5.96. The summed E-state index contributed by atoms with van der Waals surface area (Å²) in [5.41, 5.74) is 5.32. The minimum Gasteiger partial charge on any atom is -0.487 e. The quantitative estimate of drug-likeness (QED) is 0.429. The van der Waals surface area contributed by atoms with E-state index in [0.717, 1.165) is 28.8 Å². The molecule has 1 atom stereocenters. The van der Waals surface area contributed by atoms with Crippen LogP contribution in [0.25, 0.3) is 11.1 Å². The molecule has 2 aromatic carbocycles. The van der Waals surface area contributed by atoms with Crippen LogP contribution in [-0.2, 0) is 13.0 Å². The Balaban J connectivity index is 1.76. The van der Waals surface area contributed by atoms with E-state index in [1.807, 2.05) is 36.4 Å². The van der Waals surface area contributed by atoms with Crippen molar-refractivity contribution in [2.24, 2.45) is 5.92 Å². The highest BCUT2D eigenvalue weighted by Crippen LogP contribution is 2.39. The van der Waals surface area contributed by atoms with Gasteiger partial charge in [-0.15, -0.1) is 0 Å². The van der Waals surface area contributed by atoms with E-state index in [4.69, 9.17) is 4.74 Å². The van der Waals surface area contributed by atoms with Gasteiger partial charge in [0.15, 0.2) is 5.78 Å². The number of hydrogen-bond acceptors (Lipinski definition) is 4. The number of benzene rings is 2. The summed E-state index contributed by atoms with van der Waals surface area (Å²) in [5, 5.41) is 9.82. The van der Waals surface area contributed by atoms with Crippen molar-refractivity contribution < 1.29 is 19.4 Å². The van der Waals surface area contributed by atoms with Crippen molar-refractivity contribution in [2.75, 3.05) is 6.54 Å². The van der Waals surface area contributed by atoms with E-state index in [1.54, 1.807) is 24.1 Å². The van der Waals surface area contributed by atoms with Crippen LogP contribution in [0, 0.1) is 5.92 Å². The van der Waals surface area contributed by atoms with Gasteiger partial charge in [0.05, 0.1) is 11.7 Å². The number of carbonyl (C=O) groups is 2. The van der Waals surface area contributed by atoms with Crippen LogP contribution in [0.15, 0.2) is 60.8 Å². The predicted octanol–water partition coefficient (Wildman–Crippen LogP) is 6.15. The van der Waals surface area contributed by atoms with E-state index in [1.165, 1.54) is 5.56 Å². The Morgan fingerprint density at radius 3 is 2.65 bits per heavy atom. The molecule has 176 valence electrons. The van der Waals surface area contributed by atoms with Gasteiger partial charge in [0.2, 0.25) is 0 Å². The van der Waals surface area contributed by atoms with Crippen molar-refractivity contribution in [3.05, 3.63) is 83.2 Å². The molecule has 1 aliphatic rings. The number of pyridine rings is 1. The topological polar surface area (TPSA) is 79.7 Å². The summed E-state index contributed by atoms with van der Waals surface area (Å²) in [4.78, 5) is 30.0. The van der Waals surface area contributed by atoms with Gasteiger partial charge in [-0.2, -0.15) is 0 Å².